The van der Waals surface area contributed by atoms with Gasteiger partial charge in [0.15, 0.2) is 0 Å². The molecule has 8 heteroatoms. The van der Waals surface area contributed by atoms with E-state index in [-0.39, 0.29) is 24.4 Å². The van der Waals surface area contributed by atoms with Gasteiger partial charge in [0.25, 0.3) is 5.91 Å². The summed E-state index contributed by atoms with van der Waals surface area (Å²) in [5.74, 6) is -0.472. The Balaban J connectivity index is 1.77. The number of aromatic amines is 1. The highest BCUT2D eigenvalue weighted by Crippen LogP contribution is 2.26. The minimum Gasteiger partial charge on any atom is -0.335 e. The van der Waals surface area contributed by atoms with Gasteiger partial charge in [-0.3, -0.25) is 24.9 Å². The van der Waals surface area contributed by atoms with E-state index >= 15 is 0 Å². The number of imide groups is 1. The Kier molecular flexibility index (Phi) is 4.50. The first-order chi connectivity index (χ1) is 12.3. The van der Waals surface area contributed by atoms with E-state index in [0.29, 0.717) is 11.3 Å². The van der Waals surface area contributed by atoms with Gasteiger partial charge in [-0.15, -0.1) is 0 Å². The van der Waals surface area contributed by atoms with Crippen LogP contribution < -0.4 is 10.2 Å². The number of carbonyl (C=O) groups excluding carboxylic acids is 3. The number of aromatic nitrogens is 2. The second-order valence-corrected chi connectivity index (χ2v) is 6.43. The predicted molar refractivity (Wildman–Crippen MR) is 95.9 cm³/mol. The quantitative estimate of drug-likeness (QED) is 0.819. The van der Waals surface area contributed by atoms with Crippen LogP contribution in [0.3, 0.4) is 0 Å². The summed E-state index contributed by atoms with van der Waals surface area (Å²) in [6.45, 7) is 5.78. The average molecular weight is 355 g/mol. The monoisotopic (exact) mass is 355 g/mol. The van der Waals surface area contributed by atoms with Gasteiger partial charge < -0.3 is 4.90 Å². The second-order valence-electron chi connectivity index (χ2n) is 6.43. The molecule has 1 aliphatic rings. The molecule has 1 aromatic carbocycles. The molecule has 1 atom stereocenters. The summed E-state index contributed by atoms with van der Waals surface area (Å²) in [5, 5.41) is 9.35. The summed E-state index contributed by atoms with van der Waals surface area (Å²) in [5.41, 5.74) is 3.89. The standard InChI is InChI=1S/C18H21N5O3/c1-10-16(11(2)21-20-10)12(3)22(4)17(25)13-5-7-14(8-6-13)23-9-15(24)19-18(23)26/h5-8,12H,9H2,1-4H3,(H,20,21)(H,19,24,26)/t12-/m0/s1. The fourth-order valence-corrected chi connectivity index (χ4v) is 3.18. The van der Waals surface area contributed by atoms with Crippen LogP contribution in [0, 0.1) is 13.8 Å². The molecule has 2 N–H and O–H groups in total. The second kappa shape index (κ2) is 6.62. The molecule has 0 spiro atoms. The predicted octanol–water partition coefficient (Wildman–Crippen LogP) is 1.92. The Hall–Kier alpha value is -3.16. The number of rotatable bonds is 4. The Morgan fingerprint density at radius 1 is 1.23 bits per heavy atom. The first kappa shape index (κ1) is 17.7. The van der Waals surface area contributed by atoms with Gasteiger partial charge >= 0.3 is 6.03 Å². The smallest absolute Gasteiger partial charge is 0.329 e. The molecule has 0 saturated carbocycles. The fraction of sp³-hybridized carbons (Fsp3) is 0.333. The van der Waals surface area contributed by atoms with E-state index in [1.807, 2.05) is 20.8 Å². The molecule has 0 unspecified atom stereocenters. The Morgan fingerprint density at radius 3 is 2.38 bits per heavy atom. The number of amides is 4. The molecule has 1 aromatic heterocycles. The first-order valence-electron chi connectivity index (χ1n) is 8.29. The van der Waals surface area contributed by atoms with E-state index in [1.54, 1.807) is 36.2 Å². The van der Waals surface area contributed by atoms with Gasteiger partial charge in [0, 0.05) is 29.6 Å². The lowest BCUT2D eigenvalue weighted by Gasteiger charge is -2.26. The van der Waals surface area contributed by atoms with Crippen molar-refractivity contribution in [2.45, 2.75) is 26.8 Å². The minimum atomic E-state index is -0.453. The number of aryl methyl sites for hydroxylation is 2. The summed E-state index contributed by atoms with van der Waals surface area (Å²) in [7, 11) is 1.75. The van der Waals surface area contributed by atoms with Gasteiger partial charge in [0.1, 0.15) is 6.54 Å². The zero-order chi connectivity index (χ0) is 19.0. The van der Waals surface area contributed by atoms with E-state index in [4.69, 9.17) is 0 Å². The van der Waals surface area contributed by atoms with Crippen LogP contribution in [0.5, 0.6) is 0 Å². The van der Waals surface area contributed by atoms with E-state index in [1.165, 1.54) is 4.90 Å². The van der Waals surface area contributed by atoms with E-state index in [9.17, 15) is 14.4 Å². The topological polar surface area (TPSA) is 98.4 Å². The molecule has 1 aliphatic heterocycles. The van der Waals surface area contributed by atoms with Crippen molar-refractivity contribution in [3.05, 3.63) is 46.8 Å². The van der Waals surface area contributed by atoms with Crippen molar-refractivity contribution in [2.24, 2.45) is 0 Å². The third kappa shape index (κ3) is 3.05. The van der Waals surface area contributed by atoms with Crippen molar-refractivity contribution in [3.63, 3.8) is 0 Å². The lowest BCUT2D eigenvalue weighted by Crippen LogP contribution is -2.30. The summed E-state index contributed by atoms with van der Waals surface area (Å²) >= 11 is 0. The number of hydrogen-bond acceptors (Lipinski definition) is 4. The molecule has 1 fully saturated rings. The zero-order valence-corrected chi connectivity index (χ0v) is 15.2. The largest absolute Gasteiger partial charge is 0.335 e. The van der Waals surface area contributed by atoms with Crippen molar-refractivity contribution < 1.29 is 14.4 Å². The molecule has 136 valence electrons. The van der Waals surface area contributed by atoms with Crippen molar-refractivity contribution in [1.82, 2.24) is 20.4 Å². The van der Waals surface area contributed by atoms with Gasteiger partial charge in [0.2, 0.25) is 5.91 Å². The molecule has 26 heavy (non-hydrogen) atoms. The van der Waals surface area contributed by atoms with Crippen LogP contribution >= 0.6 is 0 Å². The van der Waals surface area contributed by atoms with Crippen LogP contribution in [0.25, 0.3) is 0 Å². The van der Waals surface area contributed by atoms with Crippen LogP contribution in [-0.2, 0) is 4.79 Å². The van der Waals surface area contributed by atoms with Crippen molar-refractivity contribution in [2.75, 3.05) is 18.5 Å². The molecular formula is C18H21N5O3. The molecular weight excluding hydrogens is 334 g/mol. The number of hydrogen-bond donors (Lipinski definition) is 2. The SMILES string of the molecule is Cc1n[nH]c(C)c1[C@H](C)N(C)C(=O)c1ccc(N2CC(=O)NC2=O)cc1. The fourth-order valence-electron chi connectivity index (χ4n) is 3.18. The highest BCUT2D eigenvalue weighted by atomic mass is 16.2. The lowest BCUT2D eigenvalue weighted by molar-refractivity contribution is -0.117. The zero-order valence-electron chi connectivity index (χ0n) is 15.2. The van der Waals surface area contributed by atoms with E-state index in [2.05, 4.69) is 15.5 Å². The number of benzene rings is 1. The summed E-state index contributed by atoms with van der Waals surface area (Å²) in [4.78, 5) is 38.8. The molecule has 0 aliphatic carbocycles. The van der Waals surface area contributed by atoms with E-state index in [0.717, 1.165) is 17.0 Å². The minimum absolute atomic E-state index is 0.0118. The summed E-state index contributed by atoms with van der Waals surface area (Å²) in [6, 6.07) is 6.06. The summed E-state index contributed by atoms with van der Waals surface area (Å²) in [6.07, 6.45) is 0. The molecule has 8 nitrogen and oxygen atoms in total. The number of anilines is 1. The highest BCUT2D eigenvalue weighted by Gasteiger charge is 2.28. The maximum atomic E-state index is 12.8. The van der Waals surface area contributed by atoms with Crippen molar-refractivity contribution in [3.8, 4) is 0 Å². The maximum Gasteiger partial charge on any atom is 0.329 e. The summed E-state index contributed by atoms with van der Waals surface area (Å²) < 4.78 is 0. The van der Waals surface area contributed by atoms with Crippen molar-refractivity contribution >= 4 is 23.5 Å². The first-order valence-corrected chi connectivity index (χ1v) is 8.29. The van der Waals surface area contributed by atoms with Crippen LogP contribution in [0.1, 0.15) is 40.3 Å². The molecule has 4 amide bonds. The third-order valence-electron chi connectivity index (χ3n) is 4.72. The molecule has 0 radical (unpaired) electrons. The van der Waals surface area contributed by atoms with Crippen molar-refractivity contribution in [1.29, 1.82) is 0 Å². The lowest BCUT2D eigenvalue weighted by atomic mass is 10.0. The maximum absolute atomic E-state index is 12.8. The van der Waals surface area contributed by atoms with Gasteiger partial charge in [-0.05, 0) is 45.0 Å². The molecule has 2 aromatic rings. The van der Waals surface area contributed by atoms with E-state index < -0.39 is 6.03 Å². The molecule has 0 bridgehead atoms. The molecule has 1 saturated heterocycles. The highest BCUT2D eigenvalue weighted by molar-refractivity contribution is 6.12. The number of urea groups is 1. The van der Waals surface area contributed by atoms with Crippen LogP contribution in [0.15, 0.2) is 24.3 Å². The van der Waals surface area contributed by atoms with Crippen LogP contribution in [-0.4, -0.2) is 46.5 Å². The normalized spacial score (nSPS) is 15.2. The Labute approximate surface area is 151 Å². The number of nitrogens with one attached hydrogen (secondary N) is 2. The third-order valence-corrected chi connectivity index (χ3v) is 4.72. The Bertz CT molecular complexity index is 852. The molecule has 2 heterocycles. The van der Waals surface area contributed by atoms with Gasteiger partial charge in [-0.25, -0.2) is 4.79 Å². The molecule has 3 rings (SSSR count). The number of nitrogens with zero attached hydrogens (tertiary/aromatic N) is 3. The Morgan fingerprint density at radius 2 is 1.88 bits per heavy atom. The average Bonchev–Trinajstić information content (AvgIpc) is 3.14. The number of carbonyl (C=O) groups is 3. The van der Waals surface area contributed by atoms with Crippen LogP contribution in [0.2, 0.25) is 0 Å². The van der Waals surface area contributed by atoms with Gasteiger partial charge in [-0.1, -0.05) is 0 Å². The number of H-pyrrole nitrogens is 1. The van der Waals surface area contributed by atoms with Gasteiger partial charge in [0.05, 0.1) is 11.7 Å². The van der Waals surface area contributed by atoms with Gasteiger partial charge in [-0.2, -0.15) is 5.10 Å². The van der Waals surface area contributed by atoms with Crippen LogP contribution in [0.4, 0.5) is 10.5 Å².